The number of allylic oxidation sites excluding steroid dienone is 2. The number of carbonyl (C=O) groups is 3. The molecule has 0 saturated carbocycles. The van der Waals surface area contributed by atoms with E-state index in [0.717, 1.165) is 4.90 Å². The van der Waals surface area contributed by atoms with Gasteiger partial charge in [0, 0.05) is 30.6 Å². The lowest BCUT2D eigenvalue weighted by molar-refractivity contribution is -0.384. The third-order valence-electron chi connectivity index (χ3n) is 5.19. The summed E-state index contributed by atoms with van der Waals surface area (Å²) in [6, 6.07) is 5.52. The van der Waals surface area contributed by atoms with Gasteiger partial charge in [-0.2, -0.15) is 0 Å². The van der Waals surface area contributed by atoms with Crippen LogP contribution in [0.1, 0.15) is 46.1 Å². The van der Waals surface area contributed by atoms with Gasteiger partial charge < -0.3 is 18.9 Å². The van der Waals surface area contributed by atoms with E-state index in [9.17, 15) is 24.5 Å². The SMILES string of the molecule is COCCOC(=O)C1=C(C)N(C(=O)OC(C)Cl)C(C)=C(C(=O)OC(C)C)C1c1cccc([N+](=O)[O-])c1. The van der Waals surface area contributed by atoms with Gasteiger partial charge in [0.2, 0.25) is 0 Å². The highest BCUT2D eigenvalue weighted by atomic mass is 35.5. The van der Waals surface area contributed by atoms with Gasteiger partial charge in [0.25, 0.3) is 5.69 Å². The number of carbonyl (C=O) groups excluding carboxylic acids is 3. The molecule has 1 aromatic rings. The molecule has 36 heavy (non-hydrogen) atoms. The van der Waals surface area contributed by atoms with E-state index in [1.807, 2.05) is 0 Å². The van der Waals surface area contributed by atoms with Crippen molar-refractivity contribution in [3.8, 4) is 0 Å². The number of benzene rings is 1. The molecule has 0 aliphatic carbocycles. The van der Waals surface area contributed by atoms with Crippen molar-refractivity contribution in [2.75, 3.05) is 20.3 Å². The van der Waals surface area contributed by atoms with E-state index in [0.29, 0.717) is 0 Å². The molecule has 11 nitrogen and oxygen atoms in total. The Morgan fingerprint density at radius 2 is 1.67 bits per heavy atom. The Hall–Kier alpha value is -3.44. The Bertz CT molecular complexity index is 1090. The predicted octanol–water partition coefficient (Wildman–Crippen LogP) is 4.40. The van der Waals surface area contributed by atoms with E-state index in [1.165, 1.54) is 52.1 Å². The van der Waals surface area contributed by atoms with Gasteiger partial charge in [0.1, 0.15) is 6.61 Å². The van der Waals surface area contributed by atoms with Gasteiger partial charge in [0.05, 0.1) is 34.7 Å². The molecule has 0 N–H and O–H groups in total. The zero-order chi connectivity index (χ0) is 27.2. The van der Waals surface area contributed by atoms with Crippen LogP contribution >= 0.6 is 11.6 Å². The fraction of sp³-hybridized carbons (Fsp3) is 0.458. The third-order valence-corrected chi connectivity index (χ3v) is 5.28. The van der Waals surface area contributed by atoms with Crippen LogP contribution in [0.5, 0.6) is 0 Å². The van der Waals surface area contributed by atoms with Gasteiger partial charge in [-0.1, -0.05) is 23.7 Å². The smallest absolute Gasteiger partial charge is 0.419 e. The van der Waals surface area contributed by atoms with E-state index in [2.05, 4.69) is 0 Å². The summed E-state index contributed by atoms with van der Waals surface area (Å²) >= 11 is 5.85. The summed E-state index contributed by atoms with van der Waals surface area (Å²) in [6.07, 6.45) is -1.46. The number of esters is 2. The lowest BCUT2D eigenvalue weighted by Gasteiger charge is -2.36. The fourth-order valence-electron chi connectivity index (χ4n) is 3.78. The molecule has 2 atom stereocenters. The van der Waals surface area contributed by atoms with E-state index < -0.39 is 40.5 Å². The number of hydrogen-bond donors (Lipinski definition) is 0. The lowest BCUT2D eigenvalue weighted by atomic mass is 9.79. The highest BCUT2D eigenvalue weighted by molar-refractivity contribution is 6.20. The molecule has 1 amide bonds. The standard InChI is InChI=1S/C24H29ClN2O9/c1-13(2)35-23(29)20-15(4)26(24(30)36-16(5)25)14(3)19(22(28)34-11-10-33-6)21(20)17-8-7-9-18(12-17)27(31)32/h7-9,12-13,16,21H,10-11H2,1-6H3. The highest BCUT2D eigenvalue weighted by Crippen LogP contribution is 2.44. The van der Waals surface area contributed by atoms with E-state index in [-0.39, 0.29) is 47.0 Å². The van der Waals surface area contributed by atoms with Crippen LogP contribution in [0.4, 0.5) is 10.5 Å². The van der Waals surface area contributed by atoms with Crippen molar-refractivity contribution in [2.45, 2.75) is 52.2 Å². The molecule has 1 aromatic carbocycles. The minimum absolute atomic E-state index is 0.0762. The van der Waals surface area contributed by atoms with Crippen LogP contribution in [-0.2, 0) is 28.5 Å². The summed E-state index contributed by atoms with van der Waals surface area (Å²) in [5.74, 6) is -2.80. The molecule has 1 aliphatic rings. The van der Waals surface area contributed by atoms with Gasteiger partial charge in [-0.3, -0.25) is 15.0 Å². The Morgan fingerprint density at radius 1 is 1.06 bits per heavy atom. The average Bonchev–Trinajstić information content (AvgIpc) is 2.77. The van der Waals surface area contributed by atoms with Gasteiger partial charge in [-0.15, -0.1) is 0 Å². The van der Waals surface area contributed by atoms with Crippen LogP contribution in [0.15, 0.2) is 46.8 Å². The summed E-state index contributed by atoms with van der Waals surface area (Å²) < 4.78 is 20.8. The zero-order valence-corrected chi connectivity index (χ0v) is 21.7. The first-order chi connectivity index (χ1) is 16.9. The van der Waals surface area contributed by atoms with Gasteiger partial charge >= 0.3 is 18.0 Å². The highest BCUT2D eigenvalue weighted by Gasteiger charge is 2.43. The molecule has 0 radical (unpaired) electrons. The summed E-state index contributed by atoms with van der Waals surface area (Å²) in [5, 5.41) is 11.5. The van der Waals surface area contributed by atoms with E-state index in [4.69, 9.17) is 30.5 Å². The first-order valence-corrected chi connectivity index (χ1v) is 11.5. The Balaban J connectivity index is 2.83. The van der Waals surface area contributed by atoms with E-state index in [1.54, 1.807) is 13.8 Å². The second kappa shape index (κ2) is 12.5. The number of hydrogen-bond acceptors (Lipinski definition) is 9. The molecule has 0 fully saturated rings. The van der Waals surface area contributed by atoms with Crippen molar-refractivity contribution in [1.29, 1.82) is 0 Å². The number of nitrogens with zero attached hydrogens (tertiary/aromatic N) is 2. The number of nitro benzene ring substituents is 1. The molecule has 1 aliphatic heterocycles. The summed E-state index contributed by atoms with van der Waals surface area (Å²) in [7, 11) is 1.43. The average molecular weight is 525 g/mol. The number of halogens is 1. The number of ether oxygens (including phenoxy) is 4. The Morgan fingerprint density at radius 3 is 2.19 bits per heavy atom. The maximum atomic E-state index is 13.3. The molecule has 2 rings (SSSR count). The largest absolute Gasteiger partial charge is 0.460 e. The molecule has 0 saturated heterocycles. The first kappa shape index (κ1) is 28.8. The molecule has 1 heterocycles. The first-order valence-electron chi connectivity index (χ1n) is 11.1. The normalized spacial score (nSPS) is 16.7. The number of non-ortho nitro benzene ring substituents is 1. The van der Waals surface area contributed by atoms with Crippen molar-refractivity contribution >= 4 is 35.3 Å². The van der Waals surface area contributed by atoms with Crippen LogP contribution in [0.2, 0.25) is 0 Å². The summed E-state index contributed by atoms with van der Waals surface area (Å²) in [4.78, 5) is 51.5. The summed E-state index contributed by atoms with van der Waals surface area (Å²) in [6.45, 7) is 7.67. The minimum Gasteiger partial charge on any atom is -0.460 e. The van der Waals surface area contributed by atoms with Crippen molar-refractivity contribution in [3.05, 3.63) is 62.5 Å². The monoisotopic (exact) mass is 524 g/mol. The predicted molar refractivity (Wildman–Crippen MR) is 129 cm³/mol. The van der Waals surface area contributed by atoms with Gasteiger partial charge in [0.15, 0.2) is 5.56 Å². The van der Waals surface area contributed by atoms with Crippen molar-refractivity contribution in [3.63, 3.8) is 0 Å². The maximum absolute atomic E-state index is 13.3. The zero-order valence-electron chi connectivity index (χ0n) is 20.9. The van der Waals surface area contributed by atoms with Gasteiger partial charge in [-0.25, -0.2) is 14.4 Å². The molecule has 12 heteroatoms. The molecular weight excluding hydrogens is 496 g/mol. The molecule has 0 spiro atoms. The third kappa shape index (κ3) is 6.61. The minimum atomic E-state index is -1.14. The quantitative estimate of drug-likeness (QED) is 0.115. The number of methoxy groups -OCH3 is 1. The fourth-order valence-corrected chi connectivity index (χ4v) is 3.85. The topological polar surface area (TPSA) is 135 Å². The van der Waals surface area contributed by atoms with Crippen molar-refractivity contribution in [2.24, 2.45) is 0 Å². The molecule has 2 unspecified atom stereocenters. The van der Waals surface area contributed by atoms with Crippen LogP contribution in [0.25, 0.3) is 0 Å². The van der Waals surface area contributed by atoms with E-state index >= 15 is 0 Å². The van der Waals surface area contributed by atoms with Crippen LogP contribution in [-0.4, -0.2) is 59.8 Å². The lowest BCUT2D eigenvalue weighted by Crippen LogP contribution is -2.39. The second-order valence-electron chi connectivity index (χ2n) is 8.13. The second-order valence-corrected chi connectivity index (χ2v) is 8.74. The maximum Gasteiger partial charge on any atom is 0.419 e. The number of rotatable bonds is 9. The van der Waals surface area contributed by atoms with Gasteiger partial charge in [-0.05, 0) is 40.2 Å². The number of amides is 1. The van der Waals surface area contributed by atoms with Crippen LogP contribution < -0.4 is 0 Å². The van der Waals surface area contributed by atoms with Crippen LogP contribution in [0, 0.1) is 10.1 Å². The van der Waals surface area contributed by atoms with Crippen molar-refractivity contribution in [1.82, 2.24) is 4.90 Å². The van der Waals surface area contributed by atoms with Crippen molar-refractivity contribution < 1.29 is 38.3 Å². The number of nitro groups is 1. The Labute approximate surface area is 213 Å². The number of alkyl halides is 1. The molecular formula is C24H29ClN2O9. The van der Waals surface area contributed by atoms with Crippen LogP contribution in [0.3, 0.4) is 0 Å². The molecule has 196 valence electrons. The Kier molecular flexibility index (Phi) is 10.00. The molecule has 0 aromatic heterocycles. The summed E-state index contributed by atoms with van der Waals surface area (Å²) in [5.41, 5.74) is -0.934. The molecule has 0 bridgehead atoms.